The first kappa shape index (κ1) is 19.3. The Labute approximate surface area is 173 Å². The van der Waals surface area contributed by atoms with Crippen molar-refractivity contribution in [2.45, 2.75) is 19.4 Å². The van der Waals surface area contributed by atoms with Gasteiger partial charge in [-0.25, -0.2) is 4.98 Å². The van der Waals surface area contributed by atoms with Gasteiger partial charge >= 0.3 is 0 Å². The van der Waals surface area contributed by atoms with Crippen LogP contribution in [0.5, 0.6) is 0 Å². The number of para-hydroxylation sites is 2. The molecule has 2 heterocycles. The lowest BCUT2D eigenvalue weighted by Gasteiger charge is -2.16. The van der Waals surface area contributed by atoms with Gasteiger partial charge in [0.05, 0.1) is 17.1 Å². The van der Waals surface area contributed by atoms with Crippen molar-refractivity contribution in [2.75, 3.05) is 12.0 Å². The van der Waals surface area contributed by atoms with Crippen molar-refractivity contribution in [2.24, 2.45) is 0 Å². The van der Waals surface area contributed by atoms with E-state index in [2.05, 4.69) is 26.7 Å². The molecule has 7 heteroatoms. The summed E-state index contributed by atoms with van der Waals surface area (Å²) in [5, 5.41) is 7.26. The van der Waals surface area contributed by atoms with Gasteiger partial charge in [-0.2, -0.15) is 11.8 Å². The van der Waals surface area contributed by atoms with E-state index in [-0.39, 0.29) is 11.9 Å². The van der Waals surface area contributed by atoms with Crippen molar-refractivity contribution in [3.05, 3.63) is 71.7 Å². The van der Waals surface area contributed by atoms with Gasteiger partial charge < -0.3 is 14.8 Å². The summed E-state index contributed by atoms with van der Waals surface area (Å²) in [6.45, 7) is 1.76. The number of aromatic amines is 1. The predicted molar refractivity (Wildman–Crippen MR) is 116 cm³/mol. The average Bonchev–Trinajstić information content (AvgIpc) is 3.35. The van der Waals surface area contributed by atoms with Crippen molar-refractivity contribution in [3.63, 3.8) is 0 Å². The summed E-state index contributed by atoms with van der Waals surface area (Å²) in [5.41, 5.74) is 3.70. The molecule has 0 bridgehead atoms. The van der Waals surface area contributed by atoms with Crippen LogP contribution in [0.2, 0.25) is 0 Å². The Kier molecular flexibility index (Phi) is 5.67. The Hall–Kier alpha value is -3.06. The molecule has 148 valence electrons. The van der Waals surface area contributed by atoms with Crippen LogP contribution < -0.4 is 5.32 Å². The van der Waals surface area contributed by atoms with E-state index in [0.717, 1.165) is 34.6 Å². The van der Waals surface area contributed by atoms with Crippen LogP contribution in [-0.4, -0.2) is 33.0 Å². The number of hydrogen-bond acceptors (Lipinski definition) is 5. The third-order valence-corrected chi connectivity index (χ3v) is 5.43. The number of aromatic nitrogens is 3. The number of benzene rings is 2. The molecule has 0 spiro atoms. The van der Waals surface area contributed by atoms with Gasteiger partial charge in [-0.05, 0) is 37.5 Å². The Bertz CT molecular complexity index is 1090. The third kappa shape index (κ3) is 4.05. The van der Waals surface area contributed by atoms with Crippen LogP contribution in [0.25, 0.3) is 22.3 Å². The van der Waals surface area contributed by atoms with Crippen LogP contribution >= 0.6 is 11.8 Å². The van der Waals surface area contributed by atoms with Gasteiger partial charge in [-0.15, -0.1) is 0 Å². The average molecular weight is 407 g/mol. The number of nitrogens with one attached hydrogen (secondary N) is 2. The van der Waals surface area contributed by atoms with E-state index in [1.165, 1.54) is 0 Å². The first-order chi connectivity index (χ1) is 14.2. The van der Waals surface area contributed by atoms with Gasteiger partial charge in [0.2, 0.25) is 0 Å². The summed E-state index contributed by atoms with van der Waals surface area (Å²) in [4.78, 5) is 21.3. The molecule has 4 aromatic rings. The SMILES string of the molecule is CSCCC(NC(=O)c1c(-c2ccccc2)noc1C)c1nc2ccccc2[nH]1. The number of carbonyl (C=O) groups excluding carboxylic acids is 1. The summed E-state index contributed by atoms with van der Waals surface area (Å²) in [5.74, 6) is 1.93. The second-order valence-electron chi connectivity index (χ2n) is 6.78. The normalized spacial score (nSPS) is 12.2. The molecule has 29 heavy (non-hydrogen) atoms. The van der Waals surface area contributed by atoms with E-state index in [0.29, 0.717) is 17.0 Å². The molecule has 0 radical (unpaired) electrons. The molecule has 0 fully saturated rings. The summed E-state index contributed by atoms with van der Waals surface area (Å²) >= 11 is 1.74. The smallest absolute Gasteiger partial charge is 0.257 e. The van der Waals surface area contributed by atoms with Crippen molar-refractivity contribution in [1.82, 2.24) is 20.4 Å². The standard InChI is InChI=1S/C22H22N4O2S/c1-14-19(20(26-28-14)15-8-4-3-5-9-15)22(27)25-18(12-13-29-2)21-23-16-10-6-7-11-17(16)24-21/h3-11,18H,12-13H2,1-2H3,(H,23,24)(H,25,27). The molecule has 2 N–H and O–H groups in total. The quantitative estimate of drug-likeness (QED) is 0.463. The molecule has 2 aromatic carbocycles. The molecule has 0 aliphatic heterocycles. The highest BCUT2D eigenvalue weighted by Gasteiger charge is 2.25. The molecule has 0 saturated carbocycles. The van der Waals surface area contributed by atoms with E-state index in [9.17, 15) is 4.79 Å². The maximum absolute atomic E-state index is 13.2. The van der Waals surface area contributed by atoms with Gasteiger partial charge in [0, 0.05) is 5.56 Å². The van der Waals surface area contributed by atoms with E-state index < -0.39 is 0 Å². The number of thioether (sulfide) groups is 1. The number of nitrogens with zero attached hydrogens (tertiary/aromatic N) is 2. The highest BCUT2D eigenvalue weighted by atomic mass is 32.2. The van der Waals surface area contributed by atoms with Crippen LogP contribution in [0, 0.1) is 6.92 Å². The van der Waals surface area contributed by atoms with Gasteiger partial charge in [-0.1, -0.05) is 47.6 Å². The molecule has 1 unspecified atom stereocenters. The van der Waals surface area contributed by atoms with E-state index in [1.54, 1.807) is 18.7 Å². The van der Waals surface area contributed by atoms with Crippen molar-refractivity contribution >= 4 is 28.7 Å². The minimum Gasteiger partial charge on any atom is -0.360 e. The van der Waals surface area contributed by atoms with Crippen molar-refractivity contribution < 1.29 is 9.32 Å². The molecule has 6 nitrogen and oxygen atoms in total. The molecule has 0 aliphatic rings. The second-order valence-corrected chi connectivity index (χ2v) is 7.76. The van der Waals surface area contributed by atoms with Gasteiger partial charge in [0.1, 0.15) is 22.8 Å². The Balaban J connectivity index is 1.65. The molecule has 4 rings (SSSR count). The first-order valence-electron chi connectivity index (χ1n) is 9.43. The number of H-pyrrole nitrogens is 1. The minimum absolute atomic E-state index is 0.214. The number of carbonyl (C=O) groups is 1. The minimum atomic E-state index is -0.236. The lowest BCUT2D eigenvalue weighted by molar-refractivity contribution is 0.0933. The lowest BCUT2D eigenvalue weighted by atomic mass is 10.1. The van der Waals surface area contributed by atoms with Crippen LogP contribution in [0.4, 0.5) is 0 Å². The zero-order valence-corrected chi connectivity index (χ0v) is 17.1. The number of rotatable bonds is 7. The van der Waals surface area contributed by atoms with E-state index in [1.807, 2.05) is 54.6 Å². The molecule has 0 aliphatic carbocycles. The fourth-order valence-corrected chi connectivity index (χ4v) is 3.78. The molecular weight excluding hydrogens is 384 g/mol. The summed E-state index contributed by atoms with van der Waals surface area (Å²) in [6, 6.07) is 17.2. The topological polar surface area (TPSA) is 83.8 Å². The van der Waals surface area contributed by atoms with E-state index in [4.69, 9.17) is 4.52 Å². The van der Waals surface area contributed by atoms with Crippen molar-refractivity contribution in [3.8, 4) is 11.3 Å². The monoisotopic (exact) mass is 406 g/mol. The Morgan fingerprint density at radius 3 is 2.69 bits per heavy atom. The van der Waals surface area contributed by atoms with Crippen LogP contribution in [0.15, 0.2) is 59.1 Å². The third-order valence-electron chi connectivity index (χ3n) is 4.79. The predicted octanol–water partition coefficient (Wildman–Crippen LogP) is 4.75. The highest BCUT2D eigenvalue weighted by Crippen LogP contribution is 2.27. The highest BCUT2D eigenvalue weighted by molar-refractivity contribution is 7.98. The zero-order valence-electron chi connectivity index (χ0n) is 16.3. The van der Waals surface area contributed by atoms with Crippen LogP contribution in [0.3, 0.4) is 0 Å². The van der Waals surface area contributed by atoms with Gasteiger partial charge in [-0.3, -0.25) is 4.79 Å². The Morgan fingerprint density at radius 1 is 1.17 bits per heavy atom. The lowest BCUT2D eigenvalue weighted by Crippen LogP contribution is -2.30. The number of imidazole rings is 1. The number of aryl methyl sites for hydroxylation is 1. The van der Waals surface area contributed by atoms with E-state index >= 15 is 0 Å². The van der Waals surface area contributed by atoms with Crippen LogP contribution in [0.1, 0.15) is 34.4 Å². The van der Waals surface area contributed by atoms with Gasteiger partial charge in [0.15, 0.2) is 0 Å². The number of amides is 1. The maximum atomic E-state index is 13.2. The summed E-state index contributed by atoms with van der Waals surface area (Å²) in [7, 11) is 0. The number of fused-ring (bicyclic) bond motifs is 1. The first-order valence-corrected chi connectivity index (χ1v) is 10.8. The fraction of sp³-hybridized carbons (Fsp3) is 0.227. The summed E-state index contributed by atoms with van der Waals surface area (Å²) in [6.07, 6.45) is 2.81. The van der Waals surface area contributed by atoms with Crippen LogP contribution in [-0.2, 0) is 0 Å². The Morgan fingerprint density at radius 2 is 1.93 bits per heavy atom. The molecule has 2 aromatic heterocycles. The maximum Gasteiger partial charge on any atom is 0.257 e. The zero-order chi connectivity index (χ0) is 20.2. The fourth-order valence-electron chi connectivity index (χ4n) is 3.31. The second kappa shape index (κ2) is 8.53. The van der Waals surface area contributed by atoms with Crippen molar-refractivity contribution in [1.29, 1.82) is 0 Å². The van der Waals surface area contributed by atoms with Gasteiger partial charge in [0.25, 0.3) is 5.91 Å². The summed E-state index contributed by atoms with van der Waals surface area (Å²) < 4.78 is 5.35. The number of hydrogen-bond donors (Lipinski definition) is 2. The molecule has 0 saturated heterocycles. The molecule has 1 amide bonds. The largest absolute Gasteiger partial charge is 0.360 e. The molecule has 1 atom stereocenters. The molecular formula is C22H22N4O2S.